The molecule has 0 aliphatic heterocycles. The number of ether oxygens (including phenoxy) is 1. The SMILES string of the molecule is O=C(O)COc1ccc(C=Nc2cccc(Cl)c2)cc1. The first-order valence-electron chi connectivity index (χ1n) is 5.88. The van der Waals surface area contributed by atoms with Crippen LogP contribution in [-0.2, 0) is 4.79 Å². The van der Waals surface area contributed by atoms with Gasteiger partial charge >= 0.3 is 5.97 Å². The molecule has 0 fully saturated rings. The summed E-state index contributed by atoms with van der Waals surface area (Å²) < 4.78 is 5.04. The van der Waals surface area contributed by atoms with Crippen molar-refractivity contribution in [3.63, 3.8) is 0 Å². The van der Waals surface area contributed by atoms with Crippen LogP contribution in [0.1, 0.15) is 5.56 Å². The number of aliphatic carboxylic acids is 1. The van der Waals surface area contributed by atoms with E-state index in [1.165, 1.54) is 0 Å². The number of carbonyl (C=O) groups is 1. The molecule has 1 N–H and O–H groups in total. The smallest absolute Gasteiger partial charge is 0.341 e. The van der Waals surface area contributed by atoms with Crippen LogP contribution in [0, 0.1) is 0 Å². The summed E-state index contributed by atoms with van der Waals surface area (Å²) in [6.45, 7) is -0.351. The van der Waals surface area contributed by atoms with Gasteiger partial charge in [0.25, 0.3) is 0 Å². The van der Waals surface area contributed by atoms with Gasteiger partial charge in [0.15, 0.2) is 6.61 Å². The number of rotatable bonds is 5. The van der Waals surface area contributed by atoms with Crippen LogP contribution in [-0.4, -0.2) is 23.9 Å². The third-order valence-corrected chi connectivity index (χ3v) is 2.65. The van der Waals surface area contributed by atoms with Gasteiger partial charge in [0.1, 0.15) is 5.75 Å². The van der Waals surface area contributed by atoms with E-state index in [2.05, 4.69) is 4.99 Å². The number of carboxylic acids is 1. The molecule has 20 heavy (non-hydrogen) atoms. The molecule has 2 aromatic rings. The van der Waals surface area contributed by atoms with Crippen LogP contribution in [0.5, 0.6) is 5.75 Å². The number of aliphatic imine (C=N–C) groups is 1. The van der Waals surface area contributed by atoms with Gasteiger partial charge in [-0.05, 0) is 48.0 Å². The molecule has 2 rings (SSSR count). The second kappa shape index (κ2) is 6.73. The van der Waals surface area contributed by atoms with Crippen molar-refractivity contribution < 1.29 is 14.6 Å². The molecule has 0 amide bonds. The minimum absolute atomic E-state index is 0.351. The third kappa shape index (κ3) is 4.40. The summed E-state index contributed by atoms with van der Waals surface area (Å²) in [5, 5.41) is 9.14. The number of halogens is 1. The van der Waals surface area contributed by atoms with Crippen molar-refractivity contribution in [2.24, 2.45) is 4.99 Å². The molecule has 0 atom stereocenters. The Morgan fingerprint density at radius 2 is 2.00 bits per heavy atom. The van der Waals surface area contributed by atoms with Crippen molar-refractivity contribution in [1.82, 2.24) is 0 Å². The minimum atomic E-state index is -1.00. The van der Waals surface area contributed by atoms with Crippen LogP contribution in [0.25, 0.3) is 0 Å². The van der Waals surface area contributed by atoms with E-state index in [1.807, 2.05) is 12.1 Å². The molecule has 0 bridgehead atoms. The van der Waals surface area contributed by atoms with Gasteiger partial charge in [-0.25, -0.2) is 4.79 Å². The quantitative estimate of drug-likeness (QED) is 0.856. The largest absolute Gasteiger partial charge is 0.482 e. The lowest BCUT2D eigenvalue weighted by atomic mass is 10.2. The van der Waals surface area contributed by atoms with Crippen molar-refractivity contribution in [2.45, 2.75) is 0 Å². The zero-order valence-corrected chi connectivity index (χ0v) is 11.2. The Morgan fingerprint density at radius 1 is 1.25 bits per heavy atom. The third-order valence-electron chi connectivity index (χ3n) is 2.41. The first kappa shape index (κ1) is 14.1. The summed E-state index contributed by atoms with van der Waals surface area (Å²) in [6, 6.07) is 14.2. The molecule has 4 nitrogen and oxygen atoms in total. The highest BCUT2D eigenvalue weighted by Gasteiger charge is 1.98. The van der Waals surface area contributed by atoms with Crippen molar-refractivity contribution in [3.8, 4) is 5.75 Å². The molecular formula is C15H12ClNO3. The highest BCUT2D eigenvalue weighted by molar-refractivity contribution is 6.30. The van der Waals surface area contributed by atoms with Crippen molar-refractivity contribution in [2.75, 3.05) is 6.61 Å². The van der Waals surface area contributed by atoms with Gasteiger partial charge in [0.05, 0.1) is 5.69 Å². The monoisotopic (exact) mass is 289 g/mol. The summed E-state index contributed by atoms with van der Waals surface area (Å²) >= 11 is 5.87. The molecule has 0 aliphatic carbocycles. The summed E-state index contributed by atoms with van der Waals surface area (Å²) in [6.07, 6.45) is 1.70. The number of hydrogen-bond donors (Lipinski definition) is 1. The van der Waals surface area contributed by atoms with E-state index in [4.69, 9.17) is 21.4 Å². The first-order valence-corrected chi connectivity index (χ1v) is 6.25. The van der Waals surface area contributed by atoms with Crippen molar-refractivity contribution in [3.05, 3.63) is 59.1 Å². The topological polar surface area (TPSA) is 58.9 Å². The van der Waals surface area contributed by atoms with E-state index in [0.29, 0.717) is 10.8 Å². The highest BCUT2D eigenvalue weighted by Crippen LogP contribution is 2.18. The average molecular weight is 290 g/mol. The second-order valence-corrected chi connectivity index (χ2v) is 4.43. The molecule has 102 valence electrons. The number of nitrogens with zero attached hydrogens (tertiary/aromatic N) is 1. The molecule has 0 saturated carbocycles. The van der Waals surface area contributed by atoms with E-state index >= 15 is 0 Å². The van der Waals surface area contributed by atoms with Gasteiger partial charge < -0.3 is 9.84 Å². The van der Waals surface area contributed by atoms with Crippen molar-refractivity contribution in [1.29, 1.82) is 0 Å². The van der Waals surface area contributed by atoms with Gasteiger partial charge in [-0.1, -0.05) is 17.7 Å². The Labute approximate surface area is 121 Å². The highest BCUT2D eigenvalue weighted by atomic mass is 35.5. The fourth-order valence-electron chi connectivity index (χ4n) is 1.50. The van der Waals surface area contributed by atoms with Gasteiger partial charge in [-0.3, -0.25) is 4.99 Å². The molecule has 0 aliphatic rings. The number of benzene rings is 2. The molecule has 0 saturated heterocycles. The lowest BCUT2D eigenvalue weighted by Gasteiger charge is -2.02. The summed E-state index contributed by atoms with van der Waals surface area (Å²) in [7, 11) is 0. The van der Waals surface area contributed by atoms with Crippen LogP contribution in [0.15, 0.2) is 53.5 Å². The number of carboxylic acid groups (broad SMARTS) is 1. The van der Waals surface area contributed by atoms with E-state index in [-0.39, 0.29) is 6.61 Å². The Bertz CT molecular complexity index is 623. The molecule has 0 radical (unpaired) electrons. The van der Waals surface area contributed by atoms with Gasteiger partial charge in [-0.2, -0.15) is 0 Å². The summed E-state index contributed by atoms with van der Waals surface area (Å²) in [4.78, 5) is 14.7. The fraction of sp³-hybridized carbons (Fsp3) is 0.0667. The molecule has 0 heterocycles. The van der Waals surface area contributed by atoms with Crippen LogP contribution in [0.2, 0.25) is 5.02 Å². The molecular weight excluding hydrogens is 278 g/mol. The van der Waals surface area contributed by atoms with Crippen LogP contribution < -0.4 is 4.74 Å². The lowest BCUT2D eigenvalue weighted by Crippen LogP contribution is -2.09. The Balaban J connectivity index is 2.01. The maximum atomic E-state index is 10.4. The second-order valence-electron chi connectivity index (χ2n) is 3.99. The molecule has 0 unspecified atom stereocenters. The zero-order chi connectivity index (χ0) is 14.4. The summed E-state index contributed by atoms with van der Waals surface area (Å²) in [5.41, 5.74) is 1.65. The molecule has 2 aromatic carbocycles. The maximum absolute atomic E-state index is 10.4. The van der Waals surface area contributed by atoms with Gasteiger partial charge in [0, 0.05) is 11.2 Å². The summed E-state index contributed by atoms with van der Waals surface area (Å²) in [5.74, 6) is -0.496. The van der Waals surface area contributed by atoms with Crippen LogP contribution >= 0.6 is 11.6 Å². The average Bonchev–Trinajstić information content (AvgIpc) is 2.44. The van der Waals surface area contributed by atoms with Gasteiger partial charge in [-0.15, -0.1) is 0 Å². The van der Waals surface area contributed by atoms with E-state index in [0.717, 1.165) is 11.3 Å². The Morgan fingerprint density at radius 3 is 2.65 bits per heavy atom. The van der Waals surface area contributed by atoms with Crippen LogP contribution in [0.3, 0.4) is 0 Å². The Kier molecular flexibility index (Phi) is 4.74. The Hall–Kier alpha value is -2.33. The van der Waals surface area contributed by atoms with E-state index in [1.54, 1.807) is 42.6 Å². The van der Waals surface area contributed by atoms with E-state index < -0.39 is 5.97 Å². The normalized spacial score (nSPS) is 10.7. The van der Waals surface area contributed by atoms with Gasteiger partial charge in [0.2, 0.25) is 0 Å². The standard InChI is InChI=1S/C15H12ClNO3/c16-12-2-1-3-13(8-12)17-9-11-4-6-14(7-5-11)20-10-15(18)19/h1-9H,10H2,(H,18,19). The zero-order valence-electron chi connectivity index (χ0n) is 10.5. The maximum Gasteiger partial charge on any atom is 0.341 e. The lowest BCUT2D eigenvalue weighted by molar-refractivity contribution is -0.139. The first-order chi connectivity index (χ1) is 9.63. The fourth-order valence-corrected chi connectivity index (χ4v) is 1.69. The molecule has 0 aromatic heterocycles. The van der Waals surface area contributed by atoms with Crippen LogP contribution in [0.4, 0.5) is 5.69 Å². The predicted octanol–water partition coefficient (Wildman–Crippen LogP) is 3.55. The van der Waals surface area contributed by atoms with Crippen molar-refractivity contribution >= 4 is 29.5 Å². The predicted molar refractivity (Wildman–Crippen MR) is 78.3 cm³/mol. The number of hydrogen-bond acceptors (Lipinski definition) is 3. The molecule has 0 spiro atoms. The molecule has 5 heteroatoms. The minimum Gasteiger partial charge on any atom is -0.482 e. The van der Waals surface area contributed by atoms with E-state index in [9.17, 15) is 4.79 Å².